The third kappa shape index (κ3) is 2.67. The largest absolute Gasteiger partial charge is 0.334 e. The van der Waals surface area contributed by atoms with Crippen LogP contribution in [-0.2, 0) is 0 Å². The van der Waals surface area contributed by atoms with Crippen molar-refractivity contribution in [2.24, 2.45) is 0 Å². The van der Waals surface area contributed by atoms with E-state index in [-0.39, 0.29) is 5.38 Å². The van der Waals surface area contributed by atoms with Crippen molar-refractivity contribution in [2.75, 3.05) is 0 Å². The molecule has 90 valence electrons. The summed E-state index contributed by atoms with van der Waals surface area (Å²) in [5, 5.41) is 3.77. The van der Waals surface area contributed by atoms with Gasteiger partial charge in [-0.1, -0.05) is 36.7 Å². The van der Waals surface area contributed by atoms with Crippen molar-refractivity contribution < 1.29 is 4.52 Å². The quantitative estimate of drug-likeness (QED) is 0.766. The van der Waals surface area contributed by atoms with E-state index in [9.17, 15) is 0 Å². The van der Waals surface area contributed by atoms with Gasteiger partial charge in [0.15, 0.2) is 5.82 Å². The zero-order valence-corrected chi connectivity index (χ0v) is 10.7. The van der Waals surface area contributed by atoms with Crippen molar-refractivity contribution >= 4 is 11.6 Å². The molecule has 0 amide bonds. The van der Waals surface area contributed by atoms with E-state index in [0.29, 0.717) is 11.7 Å². The minimum atomic E-state index is -0.165. The molecular weight excluding hydrogens is 236 g/mol. The van der Waals surface area contributed by atoms with Crippen LogP contribution in [0.1, 0.15) is 36.5 Å². The molecule has 0 N–H and O–H groups in total. The number of nitrogens with zero attached hydrogens (tertiary/aromatic N) is 2. The first kappa shape index (κ1) is 12.1. The molecule has 4 heteroatoms. The monoisotopic (exact) mass is 250 g/mol. The average Bonchev–Trinajstić information content (AvgIpc) is 2.79. The van der Waals surface area contributed by atoms with E-state index in [2.05, 4.69) is 17.1 Å². The summed E-state index contributed by atoms with van der Waals surface area (Å²) < 4.78 is 5.25. The molecule has 17 heavy (non-hydrogen) atoms. The average molecular weight is 251 g/mol. The first-order valence-electron chi connectivity index (χ1n) is 5.76. The molecule has 1 heterocycles. The first-order chi connectivity index (χ1) is 8.22. The van der Waals surface area contributed by atoms with Crippen molar-refractivity contribution in [3.05, 3.63) is 35.7 Å². The summed E-state index contributed by atoms with van der Waals surface area (Å²) in [4.78, 5) is 4.35. The molecule has 0 fully saturated rings. The van der Waals surface area contributed by atoms with Gasteiger partial charge < -0.3 is 4.52 Å². The Hall–Kier alpha value is -1.35. The van der Waals surface area contributed by atoms with E-state index < -0.39 is 0 Å². The van der Waals surface area contributed by atoms with Crippen LogP contribution in [0.3, 0.4) is 0 Å². The number of aromatic nitrogens is 2. The lowest BCUT2D eigenvalue weighted by Gasteiger charge is -2.00. The van der Waals surface area contributed by atoms with Gasteiger partial charge in [0, 0.05) is 5.56 Å². The van der Waals surface area contributed by atoms with Gasteiger partial charge in [-0.2, -0.15) is 4.98 Å². The van der Waals surface area contributed by atoms with Crippen LogP contribution in [0.4, 0.5) is 0 Å². The number of benzene rings is 1. The Morgan fingerprint density at radius 2 is 2.12 bits per heavy atom. The molecule has 0 bridgehead atoms. The van der Waals surface area contributed by atoms with E-state index in [0.717, 1.165) is 24.0 Å². The van der Waals surface area contributed by atoms with Gasteiger partial charge in [0.05, 0.1) is 5.38 Å². The summed E-state index contributed by atoms with van der Waals surface area (Å²) in [7, 11) is 0. The van der Waals surface area contributed by atoms with Gasteiger partial charge in [-0.05, 0) is 25.0 Å². The Morgan fingerprint density at radius 1 is 1.35 bits per heavy atom. The van der Waals surface area contributed by atoms with Crippen LogP contribution in [0.2, 0.25) is 0 Å². The maximum atomic E-state index is 6.16. The van der Waals surface area contributed by atoms with E-state index in [1.54, 1.807) is 0 Å². The van der Waals surface area contributed by atoms with Gasteiger partial charge in [-0.15, -0.1) is 11.6 Å². The van der Waals surface area contributed by atoms with Crippen molar-refractivity contribution in [1.29, 1.82) is 0 Å². The lowest BCUT2D eigenvalue weighted by molar-refractivity contribution is 0.420. The van der Waals surface area contributed by atoms with Crippen LogP contribution in [0, 0.1) is 6.92 Å². The number of halogens is 1. The normalized spacial score (nSPS) is 12.6. The van der Waals surface area contributed by atoms with Crippen LogP contribution in [0.15, 0.2) is 28.8 Å². The molecular formula is C13H15ClN2O. The van der Waals surface area contributed by atoms with Gasteiger partial charge in [-0.25, -0.2) is 0 Å². The van der Waals surface area contributed by atoms with Crippen molar-refractivity contribution in [3.63, 3.8) is 0 Å². The summed E-state index contributed by atoms with van der Waals surface area (Å²) in [6, 6.07) is 7.92. The summed E-state index contributed by atoms with van der Waals surface area (Å²) in [5.41, 5.74) is 2.08. The number of aryl methyl sites for hydroxylation is 1. The zero-order valence-electron chi connectivity index (χ0n) is 9.98. The highest BCUT2D eigenvalue weighted by Gasteiger charge is 2.16. The molecule has 0 saturated carbocycles. The second-order valence-electron chi connectivity index (χ2n) is 4.03. The summed E-state index contributed by atoms with van der Waals surface area (Å²) in [5.74, 6) is 1.12. The minimum Gasteiger partial charge on any atom is -0.334 e. The fourth-order valence-electron chi connectivity index (χ4n) is 1.67. The lowest BCUT2D eigenvalue weighted by atomic mass is 10.1. The van der Waals surface area contributed by atoms with Gasteiger partial charge in [0.25, 0.3) is 5.89 Å². The summed E-state index contributed by atoms with van der Waals surface area (Å²) >= 11 is 6.16. The van der Waals surface area contributed by atoms with Crippen molar-refractivity contribution in [2.45, 2.75) is 32.1 Å². The molecule has 0 radical (unpaired) electrons. The molecule has 1 aromatic carbocycles. The highest BCUT2D eigenvalue weighted by atomic mass is 35.5. The van der Waals surface area contributed by atoms with Crippen LogP contribution in [0.25, 0.3) is 11.5 Å². The van der Waals surface area contributed by atoms with Crippen LogP contribution >= 0.6 is 11.6 Å². The number of rotatable bonds is 4. The molecule has 2 aromatic rings. The molecule has 1 unspecified atom stereocenters. The Bertz CT molecular complexity index is 496. The van der Waals surface area contributed by atoms with Crippen LogP contribution in [0.5, 0.6) is 0 Å². The molecule has 1 aromatic heterocycles. The molecule has 1 atom stereocenters. The van der Waals surface area contributed by atoms with Gasteiger partial charge in [0.2, 0.25) is 0 Å². The van der Waals surface area contributed by atoms with Gasteiger partial charge in [-0.3, -0.25) is 0 Å². The molecule has 0 aliphatic carbocycles. The van der Waals surface area contributed by atoms with E-state index in [1.807, 2.05) is 31.2 Å². The molecule has 0 aliphatic heterocycles. The van der Waals surface area contributed by atoms with Crippen molar-refractivity contribution in [1.82, 2.24) is 10.1 Å². The van der Waals surface area contributed by atoms with Crippen LogP contribution in [-0.4, -0.2) is 10.1 Å². The van der Waals surface area contributed by atoms with E-state index >= 15 is 0 Å². The Labute approximate surface area is 106 Å². The molecule has 3 nitrogen and oxygen atoms in total. The maximum absolute atomic E-state index is 6.16. The lowest BCUT2D eigenvalue weighted by Crippen LogP contribution is -1.92. The number of alkyl halides is 1. The van der Waals surface area contributed by atoms with Gasteiger partial charge >= 0.3 is 0 Å². The fourth-order valence-corrected chi connectivity index (χ4v) is 1.97. The molecule has 0 spiro atoms. The summed E-state index contributed by atoms with van der Waals surface area (Å²) in [6.45, 7) is 4.10. The number of hydrogen-bond acceptors (Lipinski definition) is 3. The smallest absolute Gasteiger partial charge is 0.258 e. The second kappa shape index (κ2) is 5.32. The highest BCUT2D eigenvalue weighted by Crippen LogP contribution is 2.27. The van der Waals surface area contributed by atoms with Crippen LogP contribution < -0.4 is 0 Å². The topological polar surface area (TPSA) is 38.9 Å². The van der Waals surface area contributed by atoms with E-state index in [4.69, 9.17) is 16.1 Å². The molecule has 0 saturated heterocycles. The van der Waals surface area contributed by atoms with E-state index in [1.165, 1.54) is 0 Å². The highest BCUT2D eigenvalue weighted by molar-refractivity contribution is 6.20. The Kier molecular flexibility index (Phi) is 3.79. The second-order valence-corrected chi connectivity index (χ2v) is 4.56. The third-order valence-corrected chi connectivity index (χ3v) is 3.05. The Morgan fingerprint density at radius 3 is 2.82 bits per heavy atom. The third-order valence-electron chi connectivity index (χ3n) is 2.64. The predicted octanol–water partition coefficient (Wildman–Crippen LogP) is 4.13. The minimum absolute atomic E-state index is 0.165. The Balaban J connectivity index is 2.27. The SMILES string of the molecule is CCCC(Cl)c1noc(-c2ccccc2C)n1. The predicted molar refractivity (Wildman–Crippen MR) is 68.0 cm³/mol. The molecule has 0 aliphatic rings. The zero-order chi connectivity index (χ0) is 12.3. The van der Waals surface area contributed by atoms with Gasteiger partial charge in [0.1, 0.15) is 0 Å². The fraction of sp³-hybridized carbons (Fsp3) is 0.385. The standard InChI is InChI=1S/C13H15ClN2O/c1-3-6-11(14)12-15-13(17-16-12)10-8-5-4-7-9(10)2/h4-5,7-8,11H,3,6H2,1-2H3. The maximum Gasteiger partial charge on any atom is 0.258 e. The number of hydrogen-bond donors (Lipinski definition) is 0. The first-order valence-corrected chi connectivity index (χ1v) is 6.19. The summed E-state index contributed by atoms with van der Waals surface area (Å²) in [6.07, 6.45) is 1.86. The van der Waals surface area contributed by atoms with Crippen molar-refractivity contribution in [3.8, 4) is 11.5 Å². The molecule has 2 rings (SSSR count).